The smallest absolute Gasteiger partial charge is 0.171 e. The first kappa shape index (κ1) is 14.0. The van der Waals surface area contributed by atoms with Gasteiger partial charge in [0.1, 0.15) is 5.60 Å². The monoisotopic (exact) mass is 275 g/mol. The molecule has 0 aromatic carbocycles. The molecular formula is C15H17NO2S. The van der Waals surface area contributed by atoms with Gasteiger partial charge in [-0.25, -0.2) is 0 Å². The second kappa shape index (κ2) is 5.28. The van der Waals surface area contributed by atoms with Crippen molar-refractivity contribution in [2.45, 2.75) is 39.2 Å². The number of aliphatic hydroxyl groups is 1. The zero-order valence-corrected chi connectivity index (χ0v) is 12.2. The second-order valence-corrected chi connectivity index (χ2v) is 5.99. The van der Waals surface area contributed by atoms with Gasteiger partial charge in [-0.1, -0.05) is 11.8 Å². The third-order valence-corrected chi connectivity index (χ3v) is 4.25. The first-order valence-electron chi connectivity index (χ1n) is 6.33. The van der Waals surface area contributed by atoms with Crippen LogP contribution in [0.3, 0.4) is 0 Å². The van der Waals surface area contributed by atoms with Crippen LogP contribution in [0.5, 0.6) is 0 Å². The molecule has 4 heteroatoms. The Morgan fingerprint density at radius 1 is 1.63 bits per heavy atom. The number of hydrogen-bond acceptors (Lipinski definition) is 4. The summed E-state index contributed by atoms with van der Waals surface area (Å²) in [5, 5.41) is 10.1. The van der Waals surface area contributed by atoms with Crippen molar-refractivity contribution >= 4 is 29.0 Å². The van der Waals surface area contributed by atoms with Gasteiger partial charge in [-0.3, -0.25) is 9.79 Å². The fourth-order valence-corrected chi connectivity index (χ4v) is 2.72. The van der Waals surface area contributed by atoms with E-state index >= 15 is 0 Å². The summed E-state index contributed by atoms with van der Waals surface area (Å²) in [4.78, 5) is 17.1. The Balaban J connectivity index is 2.29. The maximum Gasteiger partial charge on any atom is 0.171 e. The number of hydrogen-bond donors (Lipinski definition) is 1. The lowest BCUT2D eigenvalue weighted by atomic mass is 10.0. The lowest BCUT2D eigenvalue weighted by molar-refractivity contribution is 0.0980. The summed E-state index contributed by atoms with van der Waals surface area (Å²) in [7, 11) is 0. The molecule has 1 fully saturated rings. The van der Waals surface area contributed by atoms with Crippen molar-refractivity contribution in [2.75, 3.05) is 0 Å². The quantitative estimate of drug-likeness (QED) is 0.523. The largest absolute Gasteiger partial charge is 0.378 e. The predicted octanol–water partition coefficient (Wildman–Crippen LogP) is 3.19. The van der Waals surface area contributed by atoms with E-state index in [1.54, 1.807) is 19.2 Å². The number of thiophene rings is 1. The molecule has 100 valence electrons. The van der Waals surface area contributed by atoms with Crippen LogP contribution < -0.4 is 0 Å². The van der Waals surface area contributed by atoms with Gasteiger partial charge in [-0.05, 0) is 38.7 Å². The summed E-state index contributed by atoms with van der Waals surface area (Å²) < 4.78 is 0. The number of nitrogens with zero attached hydrogens (tertiary/aromatic N) is 1. The molecule has 1 aromatic rings. The Kier molecular flexibility index (Phi) is 3.88. The van der Waals surface area contributed by atoms with E-state index in [0.29, 0.717) is 16.5 Å². The van der Waals surface area contributed by atoms with Crippen LogP contribution in [0.15, 0.2) is 11.1 Å². The SMILES string of the molecule is CC=Nc1cc(C#CC(C)(O)C2CC2)sc1C(C)=O. The minimum Gasteiger partial charge on any atom is -0.378 e. The maximum absolute atomic E-state index is 11.5. The molecule has 19 heavy (non-hydrogen) atoms. The van der Waals surface area contributed by atoms with Crippen LogP contribution >= 0.6 is 11.3 Å². The van der Waals surface area contributed by atoms with Crippen molar-refractivity contribution in [1.29, 1.82) is 0 Å². The van der Waals surface area contributed by atoms with Gasteiger partial charge >= 0.3 is 0 Å². The van der Waals surface area contributed by atoms with Crippen molar-refractivity contribution in [2.24, 2.45) is 10.9 Å². The normalized spacial score (nSPS) is 17.9. The van der Waals surface area contributed by atoms with E-state index in [9.17, 15) is 9.90 Å². The zero-order chi connectivity index (χ0) is 14.0. The van der Waals surface area contributed by atoms with Crippen LogP contribution in [0.1, 0.15) is 48.2 Å². The zero-order valence-electron chi connectivity index (χ0n) is 11.4. The van der Waals surface area contributed by atoms with E-state index in [0.717, 1.165) is 17.7 Å². The van der Waals surface area contributed by atoms with Crippen LogP contribution in [0.4, 0.5) is 5.69 Å². The van der Waals surface area contributed by atoms with Gasteiger partial charge in [0.15, 0.2) is 5.78 Å². The fourth-order valence-electron chi connectivity index (χ4n) is 1.87. The number of ketones is 1. The summed E-state index contributed by atoms with van der Waals surface area (Å²) in [5.41, 5.74) is -0.260. The van der Waals surface area contributed by atoms with Crippen LogP contribution in [0.2, 0.25) is 0 Å². The highest BCUT2D eigenvalue weighted by molar-refractivity contribution is 7.15. The number of rotatable bonds is 3. The number of Topliss-reactive ketones (excluding diaryl/α,β-unsaturated/α-hetero) is 1. The van der Waals surface area contributed by atoms with Crippen LogP contribution in [-0.4, -0.2) is 22.7 Å². The van der Waals surface area contributed by atoms with Gasteiger partial charge in [-0.2, -0.15) is 0 Å². The molecule has 1 atom stereocenters. The first-order chi connectivity index (χ1) is 8.94. The van der Waals surface area contributed by atoms with Crippen molar-refractivity contribution in [3.63, 3.8) is 0 Å². The number of aliphatic imine (C=N–C) groups is 1. The minimum absolute atomic E-state index is 0.00685. The molecule has 2 rings (SSSR count). The average Bonchev–Trinajstić information content (AvgIpc) is 3.11. The van der Waals surface area contributed by atoms with Crippen molar-refractivity contribution in [3.8, 4) is 11.8 Å². The maximum atomic E-state index is 11.5. The number of carbonyl (C=O) groups is 1. The van der Waals surface area contributed by atoms with Gasteiger partial charge in [0.2, 0.25) is 0 Å². The molecule has 1 aliphatic rings. The molecular weight excluding hydrogens is 258 g/mol. The molecule has 1 aliphatic carbocycles. The Hall–Kier alpha value is -1.44. The topological polar surface area (TPSA) is 49.7 Å². The van der Waals surface area contributed by atoms with E-state index in [4.69, 9.17) is 0 Å². The fraction of sp³-hybridized carbons (Fsp3) is 0.467. The third kappa shape index (κ3) is 3.31. The van der Waals surface area contributed by atoms with E-state index < -0.39 is 5.60 Å². The highest BCUT2D eigenvalue weighted by atomic mass is 32.1. The summed E-state index contributed by atoms with van der Waals surface area (Å²) in [5.74, 6) is 6.17. The van der Waals surface area contributed by atoms with Crippen molar-refractivity contribution < 1.29 is 9.90 Å². The van der Waals surface area contributed by atoms with E-state index in [1.807, 2.05) is 6.92 Å². The highest BCUT2D eigenvalue weighted by Gasteiger charge is 2.38. The summed E-state index contributed by atoms with van der Waals surface area (Å²) in [6, 6.07) is 1.80. The van der Waals surface area contributed by atoms with E-state index in [1.165, 1.54) is 18.3 Å². The molecule has 3 nitrogen and oxygen atoms in total. The summed E-state index contributed by atoms with van der Waals surface area (Å²) in [6.45, 7) is 5.09. The molecule has 1 unspecified atom stereocenters. The molecule has 0 aliphatic heterocycles. The Morgan fingerprint density at radius 3 is 2.84 bits per heavy atom. The van der Waals surface area contributed by atoms with E-state index in [-0.39, 0.29) is 5.78 Å². The molecule has 0 amide bonds. The van der Waals surface area contributed by atoms with E-state index in [2.05, 4.69) is 16.8 Å². The second-order valence-electron chi connectivity index (χ2n) is 4.94. The molecule has 1 N–H and O–H groups in total. The minimum atomic E-state index is -0.922. The number of carbonyl (C=O) groups excluding carboxylic acids is 1. The summed E-state index contributed by atoms with van der Waals surface area (Å²) >= 11 is 1.33. The Bertz CT molecular complexity index is 583. The van der Waals surface area contributed by atoms with Gasteiger partial charge in [-0.15, -0.1) is 11.3 Å². The molecule has 1 heterocycles. The Morgan fingerprint density at radius 2 is 2.32 bits per heavy atom. The van der Waals surface area contributed by atoms with Crippen molar-refractivity contribution in [3.05, 3.63) is 15.8 Å². The highest BCUT2D eigenvalue weighted by Crippen LogP contribution is 2.39. The molecule has 1 saturated carbocycles. The van der Waals surface area contributed by atoms with Crippen LogP contribution in [-0.2, 0) is 0 Å². The molecule has 0 spiro atoms. The molecule has 0 bridgehead atoms. The Labute approximate surface area is 117 Å². The molecule has 0 radical (unpaired) electrons. The van der Waals surface area contributed by atoms with Gasteiger partial charge in [0, 0.05) is 13.1 Å². The van der Waals surface area contributed by atoms with Gasteiger partial charge in [0.05, 0.1) is 15.4 Å². The van der Waals surface area contributed by atoms with Gasteiger partial charge < -0.3 is 5.11 Å². The van der Waals surface area contributed by atoms with Crippen LogP contribution in [0.25, 0.3) is 0 Å². The first-order valence-corrected chi connectivity index (χ1v) is 7.14. The van der Waals surface area contributed by atoms with Crippen molar-refractivity contribution in [1.82, 2.24) is 0 Å². The predicted molar refractivity (Wildman–Crippen MR) is 78.4 cm³/mol. The summed E-state index contributed by atoms with van der Waals surface area (Å²) in [6.07, 6.45) is 3.73. The molecule has 1 aromatic heterocycles. The standard InChI is InChI=1S/C15H17NO2S/c1-4-16-13-9-12(19-14(13)10(2)17)7-8-15(3,18)11-5-6-11/h4,9,11,18H,5-6H2,1-3H3. The third-order valence-electron chi connectivity index (χ3n) is 3.11. The van der Waals surface area contributed by atoms with Gasteiger partial charge in [0.25, 0.3) is 0 Å². The van der Waals surface area contributed by atoms with Crippen LogP contribution in [0, 0.1) is 17.8 Å². The molecule has 0 saturated heterocycles. The lowest BCUT2D eigenvalue weighted by Crippen LogP contribution is -2.24. The lowest BCUT2D eigenvalue weighted by Gasteiger charge is -2.13. The average molecular weight is 275 g/mol.